The van der Waals surface area contributed by atoms with Gasteiger partial charge in [-0.3, -0.25) is 0 Å². The van der Waals surface area contributed by atoms with Crippen LogP contribution in [0.3, 0.4) is 0 Å². The zero-order valence-electron chi connectivity index (χ0n) is 34.3. The number of benzene rings is 8. The first-order valence-corrected chi connectivity index (χ1v) is 20.5. The molecule has 0 aliphatic rings. The van der Waals surface area contributed by atoms with Gasteiger partial charge in [0.15, 0.2) is 17.5 Å². The van der Waals surface area contributed by atoms with Crippen LogP contribution in [0.5, 0.6) is 0 Å². The van der Waals surface area contributed by atoms with Gasteiger partial charge in [-0.1, -0.05) is 97.1 Å². The fourth-order valence-corrected chi connectivity index (χ4v) is 8.34. The lowest BCUT2D eigenvalue weighted by atomic mass is 9.95. The third-order valence-corrected chi connectivity index (χ3v) is 11.4. The fraction of sp³-hybridized carbons (Fsp3) is 0. The molecule has 0 unspecified atom stereocenters. The summed E-state index contributed by atoms with van der Waals surface area (Å²) in [6.45, 7) is 0. The van der Waals surface area contributed by atoms with Crippen molar-refractivity contribution in [1.29, 1.82) is 26.3 Å². The van der Waals surface area contributed by atoms with E-state index >= 15 is 0 Å². The van der Waals surface area contributed by atoms with E-state index in [9.17, 15) is 26.3 Å². The fourth-order valence-electron chi connectivity index (χ4n) is 8.34. The zero-order valence-corrected chi connectivity index (χ0v) is 34.3. The number of aromatic nitrogens is 4. The maximum atomic E-state index is 10.2. The Morgan fingerprint density at radius 2 is 0.785 bits per heavy atom. The van der Waals surface area contributed by atoms with E-state index in [4.69, 9.17) is 15.0 Å². The van der Waals surface area contributed by atoms with Crippen molar-refractivity contribution in [2.75, 3.05) is 0 Å². The van der Waals surface area contributed by atoms with E-state index in [-0.39, 0.29) is 0 Å². The molecule has 65 heavy (non-hydrogen) atoms. The third kappa shape index (κ3) is 7.15. The molecular formula is C56H29N9. The number of hydrogen-bond donors (Lipinski definition) is 0. The molecule has 0 radical (unpaired) electrons. The van der Waals surface area contributed by atoms with Crippen LogP contribution in [0.1, 0.15) is 27.8 Å². The highest BCUT2D eigenvalue weighted by molar-refractivity contribution is 6.12. The molecule has 0 fully saturated rings. The van der Waals surface area contributed by atoms with Crippen LogP contribution in [-0.2, 0) is 0 Å². The summed E-state index contributed by atoms with van der Waals surface area (Å²) in [7, 11) is 0. The van der Waals surface area contributed by atoms with Crippen molar-refractivity contribution in [1.82, 2.24) is 19.5 Å². The van der Waals surface area contributed by atoms with Gasteiger partial charge in [-0.05, 0) is 112 Å². The lowest BCUT2D eigenvalue weighted by Crippen LogP contribution is -2.02. The molecule has 0 bridgehead atoms. The molecule has 0 N–H and O–H groups in total. The normalized spacial score (nSPS) is 10.7. The molecule has 0 aliphatic heterocycles. The molecule has 0 atom stereocenters. The van der Waals surface area contributed by atoms with Crippen molar-refractivity contribution >= 4 is 21.8 Å². The van der Waals surface area contributed by atoms with Crippen molar-refractivity contribution in [2.24, 2.45) is 0 Å². The van der Waals surface area contributed by atoms with Gasteiger partial charge in [0.1, 0.15) is 0 Å². The molecule has 0 spiro atoms. The minimum atomic E-state index is 0.382. The molecule has 0 amide bonds. The second-order valence-electron chi connectivity index (χ2n) is 15.2. The minimum absolute atomic E-state index is 0.382. The number of hydrogen-bond acceptors (Lipinski definition) is 8. The average molecular weight is 828 g/mol. The summed E-state index contributed by atoms with van der Waals surface area (Å²) in [6, 6.07) is 66.6. The van der Waals surface area contributed by atoms with Gasteiger partial charge in [0.05, 0.1) is 69.2 Å². The van der Waals surface area contributed by atoms with E-state index < -0.39 is 0 Å². The molecule has 2 aromatic heterocycles. The maximum Gasteiger partial charge on any atom is 0.164 e. The van der Waals surface area contributed by atoms with Crippen LogP contribution < -0.4 is 0 Å². The van der Waals surface area contributed by atoms with Crippen molar-refractivity contribution in [2.45, 2.75) is 0 Å². The largest absolute Gasteiger partial charge is 0.309 e. The molecule has 9 nitrogen and oxygen atoms in total. The Morgan fingerprint density at radius 1 is 0.323 bits per heavy atom. The summed E-state index contributed by atoms with van der Waals surface area (Å²) in [5.41, 5.74) is 11.6. The Morgan fingerprint density at radius 3 is 1.29 bits per heavy atom. The summed E-state index contributed by atoms with van der Waals surface area (Å²) in [5.74, 6) is 1.50. The van der Waals surface area contributed by atoms with Gasteiger partial charge < -0.3 is 4.57 Å². The van der Waals surface area contributed by atoms with Crippen molar-refractivity contribution in [3.05, 3.63) is 204 Å². The van der Waals surface area contributed by atoms with Gasteiger partial charge in [-0.2, -0.15) is 26.3 Å². The molecule has 0 aliphatic carbocycles. The first-order valence-electron chi connectivity index (χ1n) is 20.5. The van der Waals surface area contributed by atoms with Crippen molar-refractivity contribution in [3.63, 3.8) is 0 Å². The highest BCUT2D eigenvalue weighted by Crippen LogP contribution is 2.41. The topological polar surface area (TPSA) is 163 Å². The summed E-state index contributed by atoms with van der Waals surface area (Å²) < 4.78 is 2.17. The molecule has 8 aromatic carbocycles. The van der Waals surface area contributed by atoms with E-state index in [1.54, 1.807) is 42.5 Å². The maximum absolute atomic E-state index is 10.2. The molecule has 9 heteroatoms. The number of nitriles is 5. The highest BCUT2D eigenvalue weighted by atomic mass is 15.0. The molecule has 10 aromatic rings. The predicted octanol–water partition coefficient (Wildman–Crippen LogP) is 12.3. The molecule has 10 rings (SSSR count). The third-order valence-electron chi connectivity index (χ3n) is 11.4. The summed E-state index contributed by atoms with van der Waals surface area (Å²) in [6.07, 6.45) is 0. The lowest BCUT2D eigenvalue weighted by Gasteiger charge is -2.16. The highest BCUT2D eigenvalue weighted by Gasteiger charge is 2.21. The summed E-state index contributed by atoms with van der Waals surface area (Å²) in [5, 5.41) is 51.3. The molecule has 0 saturated heterocycles. The van der Waals surface area contributed by atoms with Crippen molar-refractivity contribution < 1.29 is 0 Å². The van der Waals surface area contributed by atoms with Gasteiger partial charge in [-0.25, -0.2) is 15.0 Å². The first kappa shape index (κ1) is 39.2. The van der Waals surface area contributed by atoms with E-state index in [0.717, 1.165) is 66.4 Å². The van der Waals surface area contributed by atoms with E-state index in [0.29, 0.717) is 56.4 Å². The van der Waals surface area contributed by atoms with Crippen LogP contribution in [0, 0.1) is 56.7 Å². The average Bonchev–Trinajstić information content (AvgIpc) is 3.71. The zero-order chi connectivity index (χ0) is 44.4. The van der Waals surface area contributed by atoms with Gasteiger partial charge in [-0.15, -0.1) is 0 Å². The van der Waals surface area contributed by atoms with Crippen LogP contribution in [0.15, 0.2) is 176 Å². The minimum Gasteiger partial charge on any atom is -0.309 e. The van der Waals surface area contributed by atoms with Gasteiger partial charge in [0.2, 0.25) is 0 Å². The van der Waals surface area contributed by atoms with Crippen LogP contribution >= 0.6 is 0 Å². The van der Waals surface area contributed by atoms with E-state index in [1.165, 1.54) is 0 Å². The molecule has 298 valence electrons. The van der Waals surface area contributed by atoms with E-state index in [2.05, 4.69) is 53.1 Å². The standard InChI is InChI=1S/C56H29N9/c57-30-35-8-7-13-40(24-35)49-29-45(18-21-48(49)56-63-54(38-9-3-1-4-10-38)62-55(64-56)39-11-5-2-6-12-39)65-52-22-16-41(46-19-14-36(31-58)25-43(46)33-60)27-50(52)51-28-42(17-23-53(51)65)47-20-15-37(32-59)26-44(47)34-61/h1-29H. The Kier molecular flexibility index (Phi) is 9.93. The molecule has 2 heterocycles. The Labute approximate surface area is 373 Å². The summed E-state index contributed by atoms with van der Waals surface area (Å²) >= 11 is 0. The van der Waals surface area contributed by atoms with Gasteiger partial charge in [0, 0.05) is 33.2 Å². The number of rotatable bonds is 7. The Balaban J connectivity index is 1.24. The second kappa shape index (κ2) is 16.5. The smallest absolute Gasteiger partial charge is 0.164 e. The van der Waals surface area contributed by atoms with Gasteiger partial charge >= 0.3 is 0 Å². The Bertz CT molecular complexity index is 3590. The molecular weight excluding hydrogens is 799 g/mol. The second-order valence-corrected chi connectivity index (χ2v) is 15.2. The van der Waals surface area contributed by atoms with Crippen LogP contribution in [0.2, 0.25) is 0 Å². The lowest BCUT2D eigenvalue weighted by molar-refractivity contribution is 1.07. The van der Waals surface area contributed by atoms with Crippen LogP contribution in [-0.4, -0.2) is 19.5 Å². The predicted molar refractivity (Wildman–Crippen MR) is 250 cm³/mol. The first-order chi connectivity index (χ1) is 32.0. The van der Waals surface area contributed by atoms with Crippen LogP contribution in [0.4, 0.5) is 0 Å². The monoisotopic (exact) mass is 827 g/mol. The number of fused-ring (bicyclic) bond motifs is 3. The van der Waals surface area contributed by atoms with Crippen molar-refractivity contribution in [3.8, 4) is 104 Å². The van der Waals surface area contributed by atoms with Crippen LogP contribution in [0.25, 0.3) is 95.0 Å². The SMILES string of the molecule is N#Cc1cccc(-c2cc(-n3c4ccc(-c5ccc(C#N)cc5C#N)cc4c4cc(-c5ccc(C#N)cc5C#N)ccc43)ccc2-c2nc(-c3ccccc3)nc(-c3ccccc3)n2)c1. The van der Waals surface area contributed by atoms with Gasteiger partial charge in [0.25, 0.3) is 0 Å². The Hall–Kier alpha value is -9.98. The number of nitrogens with zero attached hydrogens (tertiary/aromatic N) is 9. The quantitative estimate of drug-likeness (QED) is 0.153. The van der Waals surface area contributed by atoms with E-state index in [1.807, 2.05) is 115 Å². The summed E-state index contributed by atoms with van der Waals surface area (Å²) in [4.78, 5) is 15.1. The molecule has 0 saturated carbocycles.